The van der Waals surface area contributed by atoms with E-state index < -0.39 is 6.04 Å². The minimum absolute atomic E-state index is 0.344. The van der Waals surface area contributed by atoms with Gasteiger partial charge in [0.05, 0.1) is 0 Å². The predicted molar refractivity (Wildman–Crippen MR) is 82.7 cm³/mol. The van der Waals surface area contributed by atoms with Crippen molar-refractivity contribution < 1.29 is 9.13 Å². The zero-order valence-electron chi connectivity index (χ0n) is 11.7. The Kier molecular flexibility index (Phi) is 4.45. The lowest BCUT2D eigenvalue weighted by molar-refractivity contribution is 0.460. The lowest BCUT2D eigenvalue weighted by Gasteiger charge is -2.15. The smallest absolute Gasteiger partial charge is 0.135 e. The first-order valence-corrected chi connectivity index (χ1v) is 7.18. The highest BCUT2D eigenvalue weighted by molar-refractivity contribution is 9.10. The van der Waals surface area contributed by atoms with Gasteiger partial charge in [-0.2, -0.15) is 0 Å². The highest BCUT2D eigenvalue weighted by Crippen LogP contribution is 2.33. The Bertz CT molecular complexity index is 617. The maximum absolute atomic E-state index is 13.9. The average Bonchev–Trinajstić information content (AvgIpc) is 2.35. The summed E-state index contributed by atoms with van der Waals surface area (Å²) in [6.07, 6.45) is 0. The highest BCUT2D eigenvalue weighted by Gasteiger charge is 2.15. The quantitative estimate of drug-likeness (QED) is 0.853. The van der Waals surface area contributed by atoms with E-state index in [1.807, 2.05) is 26.0 Å². The van der Waals surface area contributed by atoms with Crippen LogP contribution in [0.15, 0.2) is 34.8 Å². The van der Waals surface area contributed by atoms with Gasteiger partial charge < -0.3 is 10.5 Å². The lowest BCUT2D eigenvalue weighted by atomic mass is 10.1. The van der Waals surface area contributed by atoms with E-state index in [0.717, 1.165) is 15.6 Å². The number of rotatable bonds is 3. The summed E-state index contributed by atoms with van der Waals surface area (Å²) in [6.45, 7) is 5.72. The van der Waals surface area contributed by atoms with E-state index in [1.54, 1.807) is 19.1 Å². The molecule has 0 saturated carbocycles. The molecule has 4 heteroatoms. The van der Waals surface area contributed by atoms with E-state index in [2.05, 4.69) is 15.9 Å². The Morgan fingerprint density at radius 2 is 1.80 bits per heavy atom. The van der Waals surface area contributed by atoms with Gasteiger partial charge >= 0.3 is 0 Å². The highest BCUT2D eigenvalue weighted by atomic mass is 79.9. The molecule has 0 radical (unpaired) electrons. The number of hydrogen-bond acceptors (Lipinski definition) is 2. The number of nitrogens with two attached hydrogens (primary N) is 1. The van der Waals surface area contributed by atoms with Crippen LogP contribution in [0.25, 0.3) is 0 Å². The van der Waals surface area contributed by atoms with E-state index in [4.69, 9.17) is 10.5 Å². The van der Waals surface area contributed by atoms with Gasteiger partial charge in [-0.05, 0) is 56.2 Å². The lowest BCUT2D eigenvalue weighted by Crippen LogP contribution is -2.09. The van der Waals surface area contributed by atoms with Crippen LogP contribution in [0.4, 0.5) is 4.39 Å². The molecule has 2 rings (SSSR count). The molecule has 0 aliphatic heterocycles. The topological polar surface area (TPSA) is 35.2 Å². The van der Waals surface area contributed by atoms with Gasteiger partial charge in [0.1, 0.15) is 17.3 Å². The average molecular weight is 338 g/mol. The van der Waals surface area contributed by atoms with Gasteiger partial charge in [0.2, 0.25) is 0 Å². The normalized spacial score (nSPS) is 12.3. The van der Waals surface area contributed by atoms with Crippen molar-refractivity contribution in [1.82, 2.24) is 0 Å². The first-order chi connectivity index (χ1) is 9.40. The van der Waals surface area contributed by atoms with Crippen LogP contribution in [0.1, 0.15) is 29.7 Å². The minimum Gasteiger partial charge on any atom is -0.457 e. The fourth-order valence-corrected chi connectivity index (χ4v) is 2.37. The molecular formula is C16H17BrFNO. The summed E-state index contributed by atoms with van der Waals surface area (Å²) in [5.74, 6) is 0.792. The molecule has 2 aromatic rings. The molecule has 0 aliphatic carbocycles. The van der Waals surface area contributed by atoms with Crippen molar-refractivity contribution in [2.24, 2.45) is 5.73 Å². The van der Waals surface area contributed by atoms with Gasteiger partial charge in [0, 0.05) is 16.1 Å². The molecule has 0 saturated heterocycles. The van der Waals surface area contributed by atoms with Gasteiger partial charge in [0.15, 0.2) is 0 Å². The summed E-state index contributed by atoms with van der Waals surface area (Å²) in [6, 6.07) is 8.14. The van der Waals surface area contributed by atoms with Crippen molar-refractivity contribution in [2.75, 3.05) is 0 Å². The van der Waals surface area contributed by atoms with Gasteiger partial charge in [-0.3, -0.25) is 0 Å². The van der Waals surface area contributed by atoms with Gasteiger partial charge in [-0.25, -0.2) is 4.39 Å². The summed E-state index contributed by atoms with van der Waals surface area (Å²) < 4.78 is 20.7. The Morgan fingerprint density at radius 1 is 1.20 bits per heavy atom. The molecule has 0 amide bonds. The number of aryl methyl sites for hydroxylation is 2. The molecule has 1 unspecified atom stereocenters. The summed E-state index contributed by atoms with van der Waals surface area (Å²) >= 11 is 3.51. The van der Waals surface area contributed by atoms with Crippen molar-refractivity contribution in [3.8, 4) is 11.5 Å². The number of hydrogen-bond donors (Lipinski definition) is 1. The zero-order valence-corrected chi connectivity index (χ0v) is 13.3. The summed E-state index contributed by atoms with van der Waals surface area (Å²) in [5.41, 5.74) is 8.36. The molecule has 2 N–H and O–H groups in total. The Hall–Kier alpha value is -1.39. The van der Waals surface area contributed by atoms with Crippen molar-refractivity contribution in [3.05, 3.63) is 57.3 Å². The molecule has 20 heavy (non-hydrogen) atoms. The van der Waals surface area contributed by atoms with Crippen molar-refractivity contribution in [1.29, 1.82) is 0 Å². The SMILES string of the molecule is Cc1cc(Oc2cccc(F)c2C(C)N)cc(C)c1Br. The first-order valence-electron chi connectivity index (χ1n) is 6.38. The van der Waals surface area contributed by atoms with Crippen LogP contribution in [-0.2, 0) is 0 Å². The molecular weight excluding hydrogens is 321 g/mol. The van der Waals surface area contributed by atoms with Crippen molar-refractivity contribution in [2.45, 2.75) is 26.8 Å². The fraction of sp³-hybridized carbons (Fsp3) is 0.250. The van der Waals surface area contributed by atoms with Gasteiger partial charge in [0.25, 0.3) is 0 Å². The second kappa shape index (κ2) is 5.94. The van der Waals surface area contributed by atoms with Crippen LogP contribution >= 0.6 is 15.9 Å². The van der Waals surface area contributed by atoms with E-state index in [-0.39, 0.29) is 5.82 Å². The number of halogens is 2. The molecule has 2 aromatic carbocycles. The van der Waals surface area contributed by atoms with Crippen LogP contribution < -0.4 is 10.5 Å². The standard InChI is InChI=1S/C16H17BrFNO/c1-9-7-12(8-10(2)16(9)17)20-14-6-4-5-13(18)15(14)11(3)19/h4-8,11H,19H2,1-3H3. The molecule has 0 fully saturated rings. The van der Waals surface area contributed by atoms with Crippen LogP contribution in [0.5, 0.6) is 11.5 Å². The van der Waals surface area contributed by atoms with E-state index in [0.29, 0.717) is 17.1 Å². The predicted octanol–water partition coefficient (Wildman–Crippen LogP) is 5.02. The number of benzene rings is 2. The molecule has 0 aromatic heterocycles. The Labute approximate surface area is 126 Å². The van der Waals surface area contributed by atoms with Crippen LogP contribution in [0, 0.1) is 19.7 Å². The monoisotopic (exact) mass is 337 g/mol. The van der Waals surface area contributed by atoms with E-state index >= 15 is 0 Å². The third-order valence-electron chi connectivity index (χ3n) is 3.11. The number of ether oxygens (including phenoxy) is 1. The summed E-state index contributed by atoms with van der Waals surface area (Å²) in [5, 5.41) is 0. The second-order valence-electron chi connectivity index (χ2n) is 4.91. The first kappa shape index (κ1) is 15.0. The van der Waals surface area contributed by atoms with Gasteiger partial charge in [-0.1, -0.05) is 22.0 Å². The second-order valence-corrected chi connectivity index (χ2v) is 5.71. The third-order valence-corrected chi connectivity index (χ3v) is 4.36. The molecule has 1 atom stereocenters. The summed E-state index contributed by atoms with van der Waals surface area (Å²) in [7, 11) is 0. The third kappa shape index (κ3) is 3.02. The van der Waals surface area contributed by atoms with E-state index in [9.17, 15) is 4.39 Å². The van der Waals surface area contributed by atoms with Crippen LogP contribution in [-0.4, -0.2) is 0 Å². The molecule has 0 bridgehead atoms. The largest absolute Gasteiger partial charge is 0.457 e. The maximum atomic E-state index is 13.9. The molecule has 0 heterocycles. The van der Waals surface area contributed by atoms with E-state index in [1.165, 1.54) is 6.07 Å². The summed E-state index contributed by atoms with van der Waals surface area (Å²) in [4.78, 5) is 0. The van der Waals surface area contributed by atoms with Gasteiger partial charge in [-0.15, -0.1) is 0 Å². The molecule has 0 aliphatic rings. The van der Waals surface area contributed by atoms with Crippen LogP contribution in [0.2, 0.25) is 0 Å². The Balaban J connectivity index is 2.43. The molecule has 2 nitrogen and oxygen atoms in total. The van der Waals surface area contributed by atoms with Crippen molar-refractivity contribution >= 4 is 15.9 Å². The minimum atomic E-state index is -0.427. The fourth-order valence-electron chi connectivity index (χ4n) is 2.14. The molecule has 106 valence electrons. The van der Waals surface area contributed by atoms with Crippen LogP contribution in [0.3, 0.4) is 0 Å². The van der Waals surface area contributed by atoms with Crippen molar-refractivity contribution in [3.63, 3.8) is 0 Å². The molecule has 0 spiro atoms. The Morgan fingerprint density at radius 3 is 2.35 bits per heavy atom. The zero-order chi connectivity index (χ0) is 14.9. The maximum Gasteiger partial charge on any atom is 0.135 e.